The van der Waals surface area contributed by atoms with Crippen molar-refractivity contribution in [3.05, 3.63) is 34.2 Å². The molecular formula is C12H12F3NO3S. The second-order valence-corrected chi connectivity index (χ2v) is 4.81. The summed E-state index contributed by atoms with van der Waals surface area (Å²) in [6.07, 6.45) is -4.40. The molecule has 0 aliphatic heterocycles. The summed E-state index contributed by atoms with van der Waals surface area (Å²) in [6.45, 7) is 1.20. The maximum Gasteiger partial charge on any atom is 0.471 e. The largest absolute Gasteiger partial charge is 0.512 e. The van der Waals surface area contributed by atoms with Crippen molar-refractivity contribution in [2.24, 2.45) is 0 Å². The Kier molecular flexibility index (Phi) is 5.32. The predicted octanol–water partition coefficient (Wildman–Crippen LogP) is 2.89. The van der Waals surface area contributed by atoms with E-state index in [1.54, 1.807) is 16.1 Å². The van der Waals surface area contributed by atoms with E-state index in [1.165, 1.54) is 24.3 Å². The fraction of sp³-hybridized carbons (Fsp3) is 0.333. The van der Waals surface area contributed by atoms with Gasteiger partial charge in [-0.1, -0.05) is 0 Å². The number of amides is 1. The lowest BCUT2D eigenvalue weighted by atomic mass is 10.1. The molecule has 0 radical (unpaired) electrons. The van der Waals surface area contributed by atoms with Gasteiger partial charge in [-0.15, -0.1) is 0 Å². The monoisotopic (exact) mass is 307 g/mol. The number of halogens is 3. The van der Waals surface area contributed by atoms with Crippen molar-refractivity contribution in [1.29, 1.82) is 0 Å². The molecular weight excluding hydrogens is 295 g/mol. The topological polar surface area (TPSA) is 66.4 Å². The number of ketones is 1. The van der Waals surface area contributed by atoms with E-state index >= 15 is 0 Å². The van der Waals surface area contributed by atoms with E-state index in [-0.39, 0.29) is 6.42 Å². The van der Waals surface area contributed by atoms with Gasteiger partial charge in [0, 0.05) is 12.5 Å². The number of alkyl halides is 3. The molecule has 1 amide bonds. The lowest BCUT2D eigenvalue weighted by Gasteiger charge is -2.18. The van der Waals surface area contributed by atoms with E-state index in [4.69, 9.17) is 0 Å². The lowest BCUT2D eigenvalue weighted by Crippen LogP contribution is -2.39. The number of thiophene rings is 1. The van der Waals surface area contributed by atoms with Crippen LogP contribution in [0.3, 0.4) is 0 Å². The van der Waals surface area contributed by atoms with Crippen LogP contribution in [0.4, 0.5) is 13.2 Å². The van der Waals surface area contributed by atoms with E-state index in [0.717, 1.165) is 6.08 Å². The Morgan fingerprint density at radius 3 is 2.60 bits per heavy atom. The molecule has 1 aromatic rings. The number of allylic oxidation sites excluding steroid dienone is 1. The molecule has 0 spiro atoms. The number of rotatable bonds is 5. The summed E-state index contributed by atoms with van der Waals surface area (Å²) in [4.78, 5) is 21.8. The molecule has 0 saturated heterocycles. The number of hydrogen-bond donors (Lipinski definition) is 2. The molecule has 0 saturated carbocycles. The van der Waals surface area contributed by atoms with Crippen LogP contribution in [0.25, 0.3) is 0 Å². The summed E-state index contributed by atoms with van der Waals surface area (Å²) in [5, 5.41) is 14.5. The molecule has 1 unspecified atom stereocenters. The molecule has 2 N–H and O–H groups in total. The molecule has 4 nitrogen and oxygen atoms in total. The smallest absolute Gasteiger partial charge is 0.471 e. The van der Waals surface area contributed by atoms with E-state index in [1.807, 2.05) is 0 Å². The standard InChI is InChI=1S/C12H12F3NO3S/c1-7(17)4-9(18)5-10(8-2-3-20-6-8)16-11(19)12(13,14)15/h2-4,6,10,18H,5H2,1H3,(H,16,19)/b9-4-. The lowest BCUT2D eigenvalue weighted by molar-refractivity contribution is -0.174. The number of nitrogens with one attached hydrogen (secondary N) is 1. The summed E-state index contributed by atoms with van der Waals surface area (Å²) in [5.74, 6) is -2.92. The Hall–Kier alpha value is -1.83. The summed E-state index contributed by atoms with van der Waals surface area (Å²) in [6, 6.07) is 0.485. The average molecular weight is 307 g/mol. The highest BCUT2D eigenvalue weighted by atomic mass is 32.1. The Labute approximate surface area is 116 Å². The highest BCUT2D eigenvalue weighted by molar-refractivity contribution is 7.07. The van der Waals surface area contributed by atoms with Crippen LogP contribution in [0.15, 0.2) is 28.7 Å². The van der Waals surface area contributed by atoms with Crippen LogP contribution in [0.2, 0.25) is 0 Å². The summed E-state index contributed by atoms with van der Waals surface area (Å²) >= 11 is 1.24. The zero-order valence-electron chi connectivity index (χ0n) is 10.4. The SMILES string of the molecule is CC(=O)/C=C(\O)CC(NC(=O)C(F)(F)F)c1ccsc1. The van der Waals surface area contributed by atoms with Crippen LogP contribution >= 0.6 is 11.3 Å². The molecule has 1 aromatic heterocycles. The molecule has 0 aliphatic rings. The van der Waals surface area contributed by atoms with Gasteiger partial charge >= 0.3 is 12.1 Å². The Morgan fingerprint density at radius 2 is 2.15 bits per heavy atom. The number of aliphatic hydroxyl groups excluding tert-OH is 1. The third-order valence-electron chi connectivity index (χ3n) is 2.29. The molecule has 0 aliphatic carbocycles. The number of hydrogen-bond acceptors (Lipinski definition) is 4. The van der Waals surface area contributed by atoms with Crippen molar-refractivity contribution in [1.82, 2.24) is 5.32 Å². The third-order valence-corrected chi connectivity index (χ3v) is 2.99. The quantitative estimate of drug-likeness (QED) is 0.649. The van der Waals surface area contributed by atoms with E-state index in [2.05, 4.69) is 0 Å². The third kappa shape index (κ3) is 5.04. The maximum absolute atomic E-state index is 12.3. The van der Waals surface area contributed by atoms with Gasteiger partial charge in [-0.25, -0.2) is 0 Å². The number of carbonyl (C=O) groups is 2. The van der Waals surface area contributed by atoms with Crippen molar-refractivity contribution in [3.63, 3.8) is 0 Å². The summed E-state index contributed by atoms with van der Waals surface area (Å²) in [5.41, 5.74) is 0.427. The number of aliphatic hydroxyl groups is 1. The van der Waals surface area contributed by atoms with Crippen molar-refractivity contribution < 1.29 is 27.9 Å². The van der Waals surface area contributed by atoms with Crippen molar-refractivity contribution in [3.8, 4) is 0 Å². The van der Waals surface area contributed by atoms with E-state index < -0.39 is 29.7 Å². The Morgan fingerprint density at radius 1 is 1.50 bits per heavy atom. The molecule has 1 heterocycles. The maximum atomic E-state index is 12.3. The van der Waals surface area contributed by atoms with Crippen LogP contribution in [-0.2, 0) is 9.59 Å². The van der Waals surface area contributed by atoms with Gasteiger partial charge in [0.15, 0.2) is 5.78 Å². The zero-order valence-corrected chi connectivity index (χ0v) is 11.2. The molecule has 0 bridgehead atoms. The molecule has 0 fully saturated rings. The fourth-order valence-electron chi connectivity index (χ4n) is 1.47. The van der Waals surface area contributed by atoms with Crippen molar-refractivity contribution in [2.45, 2.75) is 25.6 Å². The first kappa shape index (κ1) is 16.2. The first-order valence-electron chi connectivity index (χ1n) is 5.50. The Bertz CT molecular complexity index is 509. The van der Waals surface area contributed by atoms with Crippen molar-refractivity contribution in [2.75, 3.05) is 0 Å². The first-order valence-corrected chi connectivity index (χ1v) is 6.44. The average Bonchev–Trinajstić information content (AvgIpc) is 2.78. The van der Waals surface area contributed by atoms with Crippen molar-refractivity contribution >= 4 is 23.0 Å². The molecule has 0 aromatic carbocycles. The zero-order chi connectivity index (χ0) is 15.3. The van der Waals surface area contributed by atoms with Crippen LogP contribution in [0.5, 0.6) is 0 Å². The minimum Gasteiger partial charge on any atom is -0.512 e. The second-order valence-electron chi connectivity index (χ2n) is 4.03. The minimum atomic E-state index is -5.01. The van der Waals surface area contributed by atoms with Crippen LogP contribution in [0, 0.1) is 0 Å². The summed E-state index contributed by atoms with van der Waals surface area (Å²) in [7, 11) is 0. The van der Waals surface area contributed by atoms with Gasteiger partial charge in [0.05, 0.1) is 11.8 Å². The van der Waals surface area contributed by atoms with Gasteiger partial charge < -0.3 is 10.4 Å². The van der Waals surface area contributed by atoms with Crippen LogP contribution < -0.4 is 5.32 Å². The Balaban J connectivity index is 2.88. The molecule has 1 rings (SSSR count). The highest BCUT2D eigenvalue weighted by Gasteiger charge is 2.40. The van der Waals surface area contributed by atoms with Gasteiger partial charge in [-0.2, -0.15) is 24.5 Å². The van der Waals surface area contributed by atoms with Gasteiger partial charge in [0.2, 0.25) is 0 Å². The normalized spacial score (nSPS) is 13.9. The number of carbonyl (C=O) groups excluding carboxylic acids is 2. The predicted molar refractivity (Wildman–Crippen MR) is 67.3 cm³/mol. The van der Waals surface area contributed by atoms with E-state index in [9.17, 15) is 27.9 Å². The van der Waals surface area contributed by atoms with Crippen LogP contribution in [-0.4, -0.2) is 23.0 Å². The first-order chi connectivity index (χ1) is 9.20. The summed E-state index contributed by atoms with van der Waals surface area (Å²) < 4.78 is 36.8. The molecule has 110 valence electrons. The second kappa shape index (κ2) is 6.56. The van der Waals surface area contributed by atoms with Gasteiger partial charge in [0.1, 0.15) is 0 Å². The fourth-order valence-corrected chi connectivity index (χ4v) is 2.18. The molecule has 1 atom stereocenters. The van der Waals surface area contributed by atoms with Gasteiger partial charge in [-0.05, 0) is 29.3 Å². The van der Waals surface area contributed by atoms with Gasteiger partial charge in [0.25, 0.3) is 0 Å². The molecule has 20 heavy (non-hydrogen) atoms. The highest BCUT2D eigenvalue weighted by Crippen LogP contribution is 2.25. The van der Waals surface area contributed by atoms with Gasteiger partial charge in [-0.3, -0.25) is 9.59 Å². The molecule has 8 heteroatoms. The van der Waals surface area contributed by atoms with E-state index in [0.29, 0.717) is 5.56 Å². The van der Waals surface area contributed by atoms with Crippen LogP contribution in [0.1, 0.15) is 24.9 Å². The minimum absolute atomic E-state index is 0.294.